The molecule has 0 atom stereocenters. The van der Waals surface area contributed by atoms with Crippen LogP contribution in [0.25, 0.3) is 0 Å². The third-order valence-electron chi connectivity index (χ3n) is 6.24. The quantitative estimate of drug-likeness (QED) is 0.137. The van der Waals surface area contributed by atoms with E-state index < -0.39 is 7.26 Å². The van der Waals surface area contributed by atoms with Crippen LogP contribution in [0.3, 0.4) is 0 Å². The number of unbranched alkanes of at least 4 members (excludes halogenated alkanes) is 7. The molecular weight excluding hydrogens is 447 g/mol. The number of hydrogen-bond donors (Lipinski definition) is 0. The molecule has 2 heteroatoms. The molecule has 0 saturated heterocycles. The number of halogens is 1. The molecule has 0 radical (unpaired) electrons. The van der Waals surface area contributed by atoms with Gasteiger partial charge in [0, 0.05) is 0 Å². The zero-order chi connectivity index (χ0) is 20.9. The molecule has 0 bridgehead atoms. The Labute approximate surface area is 192 Å². The van der Waals surface area contributed by atoms with Gasteiger partial charge in [-0.1, -0.05) is 0 Å². The van der Waals surface area contributed by atoms with Gasteiger partial charge in [-0.15, -0.1) is 0 Å². The van der Waals surface area contributed by atoms with E-state index in [0.29, 0.717) is 0 Å². The fraction of sp³-hybridized carbons (Fsp3) is 0.357. The number of benzene rings is 3. The predicted molar refractivity (Wildman–Crippen MR) is 142 cm³/mol. The maximum absolute atomic E-state index is 3.53. The van der Waals surface area contributed by atoms with Crippen molar-refractivity contribution in [3.8, 4) is 0 Å². The molecule has 0 unspecified atom stereocenters. The summed E-state index contributed by atoms with van der Waals surface area (Å²) in [5.41, 5.74) is 0. The van der Waals surface area contributed by atoms with Crippen LogP contribution in [0, 0.1) is 0 Å². The number of hydrogen-bond acceptors (Lipinski definition) is 0. The third kappa shape index (κ3) is 6.29. The summed E-state index contributed by atoms with van der Waals surface area (Å²) in [6.07, 6.45) is 12.2. The first kappa shape index (κ1) is 23.2. The minimum atomic E-state index is -2.02. The van der Waals surface area contributed by atoms with Crippen molar-refractivity contribution in [3.63, 3.8) is 0 Å². The third-order valence-corrected chi connectivity index (χ3v) is 11.9. The second-order valence-electron chi connectivity index (χ2n) is 8.27. The van der Waals surface area contributed by atoms with Crippen LogP contribution in [0.5, 0.6) is 0 Å². The van der Waals surface area contributed by atoms with Gasteiger partial charge in [0.25, 0.3) is 0 Å². The van der Waals surface area contributed by atoms with Crippen LogP contribution in [0.1, 0.15) is 51.4 Å². The Morgan fingerprint density at radius 2 is 0.767 bits per heavy atom. The molecule has 0 N–H and O–H groups in total. The van der Waals surface area contributed by atoms with Crippen molar-refractivity contribution in [2.75, 3.05) is 11.5 Å². The molecule has 0 saturated carbocycles. The summed E-state index contributed by atoms with van der Waals surface area (Å²) in [5, 5.41) is 5.77. The molecule has 0 aliphatic rings. The van der Waals surface area contributed by atoms with Crippen molar-refractivity contribution >= 4 is 39.1 Å². The molecule has 3 aromatic rings. The fourth-order valence-corrected chi connectivity index (χ4v) is 9.97. The summed E-state index contributed by atoms with van der Waals surface area (Å²) in [6.45, 7) is 0. The molecule has 0 amide bonds. The van der Waals surface area contributed by atoms with Gasteiger partial charge >= 0.3 is 193 Å². The van der Waals surface area contributed by atoms with Crippen LogP contribution < -0.4 is 15.9 Å². The van der Waals surface area contributed by atoms with Crippen LogP contribution in [-0.4, -0.2) is 11.5 Å². The van der Waals surface area contributed by atoms with Crippen molar-refractivity contribution in [3.05, 3.63) is 91.0 Å². The van der Waals surface area contributed by atoms with Gasteiger partial charge in [0.2, 0.25) is 0 Å². The van der Waals surface area contributed by atoms with E-state index in [4.69, 9.17) is 0 Å². The minimum absolute atomic E-state index is 1.15. The van der Waals surface area contributed by atoms with Gasteiger partial charge in [-0.05, 0) is 0 Å². The Hall–Kier alpha value is -1.43. The molecule has 3 aromatic carbocycles. The first-order valence-electron chi connectivity index (χ1n) is 11.6. The number of rotatable bonds is 13. The van der Waals surface area contributed by atoms with E-state index in [1.165, 1.54) is 73.4 Å². The SMILES string of the molecule is BrCCCCCCCCCC[PH](c1ccccc1)(c1ccccc1)c1ccccc1. The van der Waals surface area contributed by atoms with E-state index in [9.17, 15) is 0 Å². The molecule has 0 nitrogen and oxygen atoms in total. The van der Waals surface area contributed by atoms with Gasteiger partial charge < -0.3 is 0 Å². The Morgan fingerprint density at radius 3 is 1.13 bits per heavy atom. The van der Waals surface area contributed by atoms with Gasteiger partial charge in [0.15, 0.2) is 0 Å². The monoisotopic (exact) mass is 482 g/mol. The summed E-state index contributed by atoms with van der Waals surface area (Å²) in [6, 6.07) is 34.0. The Kier molecular flexibility index (Phi) is 10.1. The molecule has 0 spiro atoms. The van der Waals surface area contributed by atoms with E-state index in [1.54, 1.807) is 0 Å². The van der Waals surface area contributed by atoms with Gasteiger partial charge in [-0.2, -0.15) is 0 Å². The summed E-state index contributed by atoms with van der Waals surface area (Å²) in [4.78, 5) is 0. The van der Waals surface area contributed by atoms with E-state index in [2.05, 4.69) is 107 Å². The van der Waals surface area contributed by atoms with Crippen LogP contribution >= 0.6 is 23.2 Å². The zero-order valence-electron chi connectivity index (χ0n) is 18.1. The molecule has 30 heavy (non-hydrogen) atoms. The second kappa shape index (κ2) is 13.1. The molecule has 0 aliphatic heterocycles. The van der Waals surface area contributed by atoms with Crippen LogP contribution in [0.2, 0.25) is 0 Å². The molecule has 160 valence electrons. The summed E-state index contributed by atoms with van der Waals surface area (Å²) >= 11 is 3.53. The predicted octanol–water partition coefficient (Wildman–Crippen LogP) is 7.23. The Balaban J connectivity index is 1.77. The van der Waals surface area contributed by atoms with E-state index in [0.717, 1.165) is 5.33 Å². The standard InChI is InChI=1S/C28H36BrP/c29-24-16-5-3-1-2-4-6-17-25-30(26-18-10-7-11-19-26,27-20-12-8-13-21-27)28-22-14-9-15-23-28/h7-15,18-23,30H,1-6,16-17,24-25H2. The molecule has 0 aromatic heterocycles. The fourth-order valence-electron chi connectivity index (χ4n) is 4.65. The van der Waals surface area contributed by atoms with E-state index >= 15 is 0 Å². The molecule has 0 heterocycles. The van der Waals surface area contributed by atoms with Gasteiger partial charge in [0.1, 0.15) is 0 Å². The number of alkyl halides is 1. The molecular formula is C28H36BrP. The van der Waals surface area contributed by atoms with E-state index in [-0.39, 0.29) is 0 Å². The van der Waals surface area contributed by atoms with Crippen molar-refractivity contribution in [1.29, 1.82) is 0 Å². The summed E-state index contributed by atoms with van der Waals surface area (Å²) < 4.78 is 0. The van der Waals surface area contributed by atoms with Crippen molar-refractivity contribution in [2.24, 2.45) is 0 Å². The molecule has 3 rings (SSSR count). The Morgan fingerprint density at radius 1 is 0.433 bits per heavy atom. The molecule has 0 fully saturated rings. The average molecular weight is 483 g/mol. The molecule has 0 aliphatic carbocycles. The van der Waals surface area contributed by atoms with Crippen LogP contribution in [0.4, 0.5) is 0 Å². The normalized spacial score (nSPS) is 12.0. The second-order valence-corrected chi connectivity index (χ2v) is 13.1. The van der Waals surface area contributed by atoms with Crippen molar-refractivity contribution in [2.45, 2.75) is 51.4 Å². The van der Waals surface area contributed by atoms with Crippen LogP contribution in [-0.2, 0) is 0 Å². The summed E-state index contributed by atoms with van der Waals surface area (Å²) in [7, 11) is -2.02. The zero-order valence-corrected chi connectivity index (χ0v) is 20.7. The van der Waals surface area contributed by atoms with Crippen molar-refractivity contribution in [1.82, 2.24) is 0 Å². The first-order valence-corrected chi connectivity index (χ1v) is 14.9. The first-order chi connectivity index (χ1) is 14.9. The van der Waals surface area contributed by atoms with Gasteiger partial charge in [-0.25, -0.2) is 0 Å². The van der Waals surface area contributed by atoms with Crippen molar-refractivity contribution < 1.29 is 0 Å². The van der Waals surface area contributed by atoms with Crippen LogP contribution in [0.15, 0.2) is 91.0 Å². The van der Waals surface area contributed by atoms with E-state index in [1.807, 2.05) is 0 Å². The summed E-state index contributed by atoms with van der Waals surface area (Å²) in [5.74, 6) is 0. The van der Waals surface area contributed by atoms with Gasteiger partial charge in [-0.3, -0.25) is 0 Å². The maximum atomic E-state index is 3.53. The topological polar surface area (TPSA) is 0 Å². The Bertz CT molecular complexity index is 720. The average Bonchev–Trinajstić information content (AvgIpc) is 2.82. The van der Waals surface area contributed by atoms with Gasteiger partial charge in [0.05, 0.1) is 0 Å².